The van der Waals surface area contributed by atoms with Crippen LogP contribution in [0, 0.1) is 23.7 Å². The van der Waals surface area contributed by atoms with Crippen LogP contribution in [-0.2, 0) is 16.0 Å². The molecule has 0 aromatic heterocycles. The molecule has 1 amide bonds. The minimum Gasteiger partial charge on any atom is -0.493 e. The quantitative estimate of drug-likeness (QED) is 0.255. The molecule has 0 aliphatic carbocycles. The van der Waals surface area contributed by atoms with Gasteiger partial charge in [0.05, 0.1) is 21.9 Å². The van der Waals surface area contributed by atoms with Crippen molar-refractivity contribution in [2.45, 2.75) is 53.4 Å². The lowest BCUT2D eigenvalue weighted by Crippen LogP contribution is -2.32. The van der Waals surface area contributed by atoms with E-state index >= 15 is 0 Å². The topological polar surface area (TPSA) is 48.0 Å². The van der Waals surface area contributed by atoms with Crippen molar-refractivity contribution >= 4 is 5.91 Å². The molecule has 0 bridgehead atoms. The number of carbonyl (C=O) groups is 1. The van der Waals surface area contributed by atoms with Crippen LogP contribution in [-0.4, -0.2) is 52.2 Å². The molecule has 0 spiro atoms. The normalized spacial score (nSPS) is 17.1. The summed E-state index contributed by atoms with van der Waals surface area (Å²) in [5, 5.41) is 0. The highest BCUT2D eigenvalue weighted by Crippen LogP contribution is 2.31. The fourth-order valence-electron chi connectivity index (χ4n) is 3.59. The van der Waals surface area contributed by atoms with E-state index in [2.05, 4.69) is 39.8 Å². The number of ether oxygens (including phenoxy) is 3. The molecule has 1 rings (SSSR count). The van der Waals surface area contributed by atoms with Crippen molar-refractivity contribution in [3.05, 3.63) is 35.9 Å². The first kappa shape index (κ1) is 19.5. The van der Waals surface area contributed by atoms with E-state index in [1.165, 1.54) is 0 Å². The molecule has 1 aromatic rings. The van der Waals surface area contributed by atoms with Crippen LogP contribution in [0.25, 0.3) is 0 Å². The third-order valence-corrected chi connectivity index (χ3v) is 5.77. The van der Waals surface area contributed by atoms with E-state index in [0.717, 1.165) is 18.4 Å². The first-order valence-electron chi connectivity index (χ1n) is 14.4. The zero-order valence-corrected chi connectivity index (χ0v) is 20.5. The molecule has 0 aliphatic rings. The Hall–Kier alpha value is -2.01. The number of carbonyl (C=O) groups excluding carboxylic acids is 1. The van der Waals surface area contributed by atoms with Gasteiger partial charge in [-0.3, -0.25) is 4.79 Å². The molecule has 0 heterocycles. The van der Waals surface area contributed by atoms with Crippen LogP contribution >= 0.6 is 0 Å². The molecule has 5 heteroatoms. The molecule has 0 fully saturated rings. The highest BCUT2D eigenvalue weighted by atomic mass is 16.5. The monoisotopic (exact) mass is 453 g/mol. The van der Waals surface area contributed by atoms with Gasteiger partial charge in [-0.1, -0.05) is 45.9 Å². The number of allylic oxidation sites excluding steroid dienone is 2. The lowest BCUT2D eigenvalue weighted by atomic mass is 9.85. The average Bonchev–Trinajstić information content (AvgIpc) is 2.76. The van der Waals surface area contributed by atoms with Gasteiger partial charge in [-0.25, -0.2) is 0 Å². The number of hydrogen-bond acceptors (Lipinski definition) is 4. The van der Waals surface area contributed by atoms with Crippen LogP contribution in [0.3, 0.4) is 0 Å². The third-order valence-electron chi connectivity index (χ3n) is 5.77. The number of hydrogen-bond donors (Lipinski definition) is 0. The first-order valence-corrected chi connectivity index (χ1v) is 11.4. The molecule has 0 aliphatic heterocycles. The van der Waals surface area contributed by atoms with Gasteiger partial charge in [0.1, 0.15) is 0 Å². The third kappa shape index (κ3) is 9.64. The van der Waals surface area contributed by atoms with Crippen LogP contribution in [0.2, 0.25) is 0 Å². The summed E-state index contributed by atoms with van der Waals surface area (Å²) in [7, 11) is -1.52. The molecular weight excluding hydrogens is 402 g/mol. The highest BCUT2D eigenvalue weighted by Gasteiger charge is 2.22. The molecule has 1 aromatic carbocycles. The smallest absolute Gasteiger partial charge is 0.225 e. The Morgan fingerprint density at radius 1 is 1.03 bits per heavy atom. The summed E-state index contributed by atoms with van der Waals surface area (Å²) in [5.41, 5.74) is 0.978. The van der Waals surface area contributed by atoms with Crippen molar-refractivity contribution in [2.24, 2.45) is 23.7 Å². The van der Waals surface area contributed by atoms with E-state index in [1.54, 1.807) is 31.1 Å². The Balaban J connectivity index is 2.92. The predicted octanol–water partition coefficient (Wildman–Crippen LogP) is 5.62. The van der Waals surface area contributed by atoms with Gasteiger partial charge in [0.15, 0.2) is 11.5 Å². The average molecular weight is 454 g/mol. The first-order chi connectivity index (χ1) is 17.5. The lowest BCUT2D eigenvalue weighted by Gasteiger charge is -2.23. The largest absolute Gasteiger partial charge is 0.493 e. The van der Waals surface area contributed by atoms with Crippen LogP contribution in [0.5, 0.6) is 11.5 Å². The Morgan fingerprint density at radius 3 is 2.41 bits per heavy atom. The van der Waals surface area contributed by atoms with E-state index in [4.69, 9.17) is 22.4 Å². The van der Waals surface area contributed by atoms with Gasteiger partial charge in [0.2, 0.25) is 5.91 Å². The summed E-state index contributed by atoms with van der Waals surface area (Å²) in [6, 6.07) is 5.23. The maximum absolute atomic E-state index is 12.5. The maximum Gasteiger partial charge on any atom is 0.225 e. The SMILES string of the molecule is [2H]C([2H])([2H])OCCCOc1cc(C[C@@H](CC=CC[C@H](C(=O)N(C)C)C(C)C)C(C)C)ccc1OC([2H])([2H])[2H]. The summed E-state index contributed by atoms with van der Waals surface area (Å²) in [6.45, 7) is 8.60. The number of rotatable bonds is 15. The zero-order chi connectivity index (χ0) is 29.1. The zero-order valence-electron chi connectivity index (χ0n) is 26.5. The lowest BCUT2D eigenvalue weighted by molar-refractivity contribution is -0.134. The van der Waals surface area contributed by atoms with Crippen molar-refractivity contribution in [3.8, 4) is 11.5 Å². The van der Waals surface area contributed by atoms with E-state index in [9.17, 15) is 4.79 Å². The molecule has 0 saturated carbocycles. The Kier molecular flexibility index (Phi) is 9.08. The van der Waals surface area contributed by atoms with Gasteiger partial charge in [0.25, 0.3) is 0 Å². The maximum atomic E-state index is 12.5. The summed E-state index contributed by atoms with van der Waals surface area (Å²) < 4.78 is 59.3. The number of amides is 1. The second-order valence-corrected chi connectivity index (χ2v) is 9.17. The van der Waals surface area contributed by atoms with Gasteiger partial charge in [-0.2, -0.15) is 0 Å². The standard InChI is InChI=1S/C27H45NO4/c1-20(2)23(12-9-10-13-24(21(3)4)27(29)28(5)6)18-22-14-15-25(31-8)26(19-22)32-17-11-16-30-7/h9-10,14-15,19-21,23-24H,11-13,16-18H2,1-8H3/t23-,24+/m1/s1/i7D3,8D3. The molecule has 0 radical (unpaired) electrons. The summed E-state index contributed by atoms with van der Waals surface area (Å²) in [6.07, 6.45) is 6.86. The van der Waals surface area contributed by atoms with Crippen LogP contribution < -0.4 is 9.47 Å². The number of benzene rings is 1. The van der Waals surface area contributed by atoms with Crippen molar-refractivity contribution in [2.75, 3.05) is 41.4 Å². The molecule has 0 unspecified atom stereocenters. The molecule has 2 atom stereocenters. The summed E-state index contributed by atoms with van der Waals surface area (Å²) >= 11 is 0. The van der Waals surface area contributed by atoms with Crippen molar-refractivity contribution in [1.82, 2.24) is 4.90 Å². The molecule has 5 nitrogen and oxygen atoms in total. The summed E-state index contributed by atoms with van der Waals surface area (Å²) in [5.74, 6) is 1.47. The molecule has 0 N–H and O–H groups in total. The van der Waals surface area contributed by atoms with Crippen molar-refractivity contribution in [1.29, 1.82) is 0 Å². The van der Waals surface area contributed by atoms with Crippen molar-refractivity contribution in [3.63, 3.8) is 0 Å². The van der Waals surface area contributed by atoms with Gasteiger partial charge < -0.3 is 19.1 Å². The Labute approximate surface area is 204 Å². The fourth-order valence-corrected chi connectivity index (χ4v) is 3.59. The number of methoxy groups -OCH3 is 2. The molecular formula is C27H45NO4. The van der Waals surface area contributed by atoms with Crippen LogP contribution in [0.15, 0.2) is 30.4 Å². The van der Waals surface area contributed by atoms with E-state index in [0.29, 0.717) is 30.4 Å². The second kappa shape index (κ2) is 14.9. The van der Waals surface area contributed by atoms with Crippen molar-refractivity contribution < 1.29 is 27.2 Å². The van der Waals surface area contributed by atoms with Crippen LogP contribution in [0.4, 0.5) is 0 Å². The molecule has 182 valence electrons. The van der Waals surface area contributed by atoms with Gasteiger partial charge in [-0.05, 0) is 54.7 Å². The summed E-state index contributed by atoms with van der Waals surface area (Å²) in [4.78, 5) is 14.1. The number of nitrogens with zero attached hydrogens (tertiary/aromatic N) is 1. The highest BCUT2D eigenvalue weighted by molar-refractivity contribution is 5.78. The molecule has 0 saturated heterocycles. The Bertz CT molecular complexity index is 881. The molecule has 32 heavy (non-hydrogen) atoms. The minimum absolute atomic E-state index is 0.00871. The van der Waals surface area contributed by atoms with Crippen LogP contribution in [0.1, 0.15) is 60.7 Å². The van der Waals surface area contributed by atoms with Gasteiger partial charge in [0, 0.05) is 40.1 Å². The van der Waals surface area contributed by atoms with Gasteiger partial charge in [-0.15, -0.1) is 0 Å². The fraction of sp³-hybridized carbons (Fsp3) is 0.667. The van der Waals surface area contributed by atoms with Gasteiger partial charge >= 0.3 is 0 Å². The van der Waals surface area contributed by atoms with E-state index in [-0.39, 0.29) is 36.7 Å². The Morgan fingerprint density at radius 2 is 1.78 bits per heavy atom. The van der Waals surface area contributed by atoms with E-state index in [1.807, 2.05) is 6.07 Å². The van der Waals surface area contributed by atoms with E-state index < -0.39 is 14.1 Å². The minimum atomic E-state index is -2.63. The second-order valence-electron chi connectivity index (χ2n) is 9.17. The predicted molar refractivity (Wildman–Crippen MR) is 132 cm³/mol.